The second-order valence-corrected chi connectivity index (χ2v) is 7.66. The minimum atomic E-state index is -3.85. The first-order valence-electron chi connectivity index (χ1n) is 8.40. The molecule has 3 rings (SSSR count). The molecule has 1 saturated heterocycles. The summed E-state index contributed by atoms with van der Waals surface area (Å²) in [6.07, 6.45) is 2.17. The predicted molar refractivity (Wildman–Crippen MR) is 95.8 cm³/mol. The minimum absolute atomic E-state index is 0.0279. The molecule has 1 aliphatic heterocycles. The van der Waals surface area contributed by atoms with Gasteiger partial charge in [0.2, 0.25) is 0 Å². The van der Waals surface area contributed by atoms with E-state index in [4.69, 9.17) is 9.57 Å². The Morgan fingerprint density at radius 1 is 1.07 bits per heavy atom. The molecule has 1 atom stereocenters. The SMILES string of the molecule is O=C(NO[C@H]1CCCCO1)c1ccc(S(=O)(=O)Nc2ccc(F)cc2)cc1. The molecule has 2 aromatic rings. The molecule has 0 radical (unpaired) electrons. The summed E-state index contributed by atoms with van der Waals surface area (Å²) in [7, 11) is -3.85. The highest BCUT2D eigenvalue weighted by Gasteiger charge is 2.18. The molecule has 27 heavy (non-hydrogen) atoms. The number of ether oxygens (including phenoxy) is 1. The van der Waals surface area contributed by atoms with E-state index in [1.807, 2.05) is 0 Å². The van der Waals surface area contributed by atoms with Crippen molar-refractivity contribution in [2.24, 2.45) is 0 Å². The van der Waals surface area contributed by atoms with Crippen molar-refractivity contribution in [2.45, 2.75) is 30.4 Å². The van der Waals surface area contributed by atoms with E-state index in [2.05, 4.69) is 10.2 Å². The number of anilines is 1. The molecule has 1 aliphatic rings. The van der Waals surface area contributed by atoms with Gasteiger partial charge >= 0.3 is 0 Å². The summed E-state index contributed by atoms with van der Waals surface area (Å²) in [4.78, 5) is 17.3. The first kappa shape index (κ1) is 19.3. The van der Waals surface area contributed by atoms with Gasteiger partial charge < -0.3 is 4.74 Å². The van der Waals surface area contributed by atoms with Gasteiger partial charge in [0.1, 0.15) is 5.82 Å². The number of benzene rings is 2. The molecule has 1 heterocycles. The van der Waals surface area contributed by atoms with E-state index in [-0.39, 0.29) is 16.1 Å². The molecule has 0 saturated carbocycles. The first-order chi connectivity index (χ1) is 12.9. The number of hydrogen-bond donors (Lipinski definition) is 2. The Morgan fingerprint density at radius 2 is 1.78 bits per heavy atom. The van der Waals surface area contributed by atoms with Gasteiger partial charge in [-0.3, -0.25) is 9.52 Å². The van der Waals surface area contributed by atoms with Crippen LogP contribution in [0, 0.1) is 5.82 Å². The third-order valence-electron chi connectivity index (χ3n) is 3.94. The van der Waals surface area contributed by atoms with Gasteiger partial charge in [0, 0.05) is 24.3 Å². The van der Waals surface area contributed by atoms with Crippen molar-refractivity contribution in [3.63, 3.8) is 0 Å². The van der Waals surface area contributed by atoms with E-state index in [1.54, 1.807) is 0 Å². The van der Waals surface area contributed by atoms with Crippen molar-refractivity contribution in [2.75, 3.05) is 11.3 Å². The number of carbonyl (C=O) groups excluding carboxylic acids is 1. The zero-order chi connectivity index (χ0) is 19.3. The fourth-order valence-electron chi connectivity index (χ4n) is 2.50. The summed E-state index contributed by atoms with van der Waals surface area (Å²) < 4.78 is 45.3. The highest BCUT2D eigenvalue weighted by Crippen LogP contribution is 2.17. The number of amides is 1. The smallest absolute Gasteiger partial charge is 0.274 e. The van der Waals surface area contributed by atoms with E-state index < -0.39 is 28.0 Å². The van der Waals surface area contributed by atoms with Crippen LogP contribution in [-0.2, 0) is 19.6 Å². The average molecular weight is 394 g/mol. The van der Waals surface area contributed by atoms with Gasteiger partial charge in [-0.2, -0.15) is 0 Å². The molecule has 2 aromatic carbocycles. The molecule has 0 bridgehead atoms. The molecule has 1 fully saturated rings. The maximum atomic E-state index is 12.9. The van der Waals surface area contributed by atoms with Crippen molar-refractivity contribution in [3.8, 4) is 0 Å². The van der Waals surface area contributed by atoms with Crippen LogP contribution in [0.5, 0.6) is 0 Å². The monoisotopic (exact) mass is 394 g/mol. The second kappa shape index (κ2) is 8.47. The molecule has 0 aromatic heterocycles. The molecule has 0 aliphatic carbocycles. The molecule has 0 spiro atoms. The van der Waals surface area contributed by atoms with Crippen molar-refractivity contribution < 1.29 is 27.2 Å². The summed E-state index contributed by atoms with van der Waals surface area (Å²) in [5, 5.41) is 0. The van der Waals surface area contributed by atoms with Crippen molar-refractivity contribution in [1.29, 1.82) is 0 Å². The summed E-state index contributed by atoms with van der Waals surface area (Å²) in [6.45, 7) is 0.591. The summed E-state index contributed by atoms with van der Waals surface area (Å²) in [5.41, 5.74) is 2.78. The fourth-order valence-corrected chi connectivity index (χ4v) is 3.56. The van der Waals surface area contributed by atoms with Crippen LogP contribution < -0.4 is 10.2 Å². The number of nitrogens with one attached hydrogen (secondary N) is 2. The Bertz CT molecular complexity index is 879. The van der Waals surface area contributed by atoms with E-state index in [0.29, 0.717) is 13.0 Å². The van der Waals surface area contributed by atoms with E-state index >= 15 is 0 Å². The Morgan fingerprint density at radius 3 is 2.41 bits per heavy atom. The third kappa shape index (κ3) is 5.25. The van der Waals surface area contributed by atoms with Gasteiger partial charge in [-0.15, -0.1) is 0 Å². The minimum Gasteiger partial charge on any atom is -0.350 e. The molecule has 0 unspecified atom stereocenters. The maximum absolute atomic E-state index is 12.9. The van der Waals surface area contributed by atoms with Gasteiger partial charge in [-0.05, 0) is 61.4 Å². The molecule has 7 nitrogen and oxygen atoms in total. The van der Waals surface area contributed by atoms with Crippen LogP contribution in [0.1, 0.15) is 29.6 Å². The summed E-state index contributed by atoms with van der Waals surface area (Å²) in [5.74, 6) is -0.964. The Hall–Kier alpha value is -2.49. The topological polar surface area (TPSA) is 93.7 Å². The van der Waals surface area contributed by atoms with Crippen molar-refractivity contribution in [3.05, 3.63) is 59.9 Å². The largest absolute Gasteiger partial charge is 0.350 e. The zero-order valence-corrected chi connectivity index (χ0v) is 15.2. The lowest BCUT2D eigenvalue weighted by Gasteiger charge is -2.22. The lowest BCUT2D eigenvalue weighted by Crippen LogP contribution is -2.33. The summed E-state index contributed by atoms with van der Waals surface area (Å²) in [6, 6.07) is 10.3. The number of hydroxylamine groups is 1. The van der Waals surface area contributed by atoms with E-state index in [0.717, 1.165) is 25.0 Å². The highest BCUT2D eigenvalue weighted by molar-refractivity contribution is 7.92. The number of carbonyl (C=O) groups is 1. The standard InChI is InChI=1S/C18H19FN2O5S/c19-14-6-8-15(9-7-14)21-27(23,24)16-10-4-13(5-11-16)18(22)20-26-17-3-1-2-12-25-17/h4-11,17,21H,1-3,12H2,(H,20,22)/t17-/m0/s1. The fraction of sp³-hybridized carbons (Fsp3) is 0.278. The van der Waals surface area contributed by atoms with Crippen molar-refractivity contribution in [1.82, 2.24) is 5.48 Å². The van der Waals surface area contributed by atoms with Crippen LogP contribution in [0.4, 0.5) is 10.1 Å². The van der Waals surface area contributed by atoms with Crippen LogP contribution in [0.15, 0.2) is 53.4 Å². The lowest BCUT2D eigenvalue weighted by molar-refractivity contribution is -0.186. The van der Waals surface area contributed by atoms with E-state index in [9.17, 15) is 17.6 Å². The van der Waals surface area contributed by atoms with Crippen LogP contribution in [0.2, 0.25) is 0 Å². The van der Waals surface area contributed by atoms with Gasteiger partial charge in [0.25, 0.3) is 15.9 Å². The van der Waals surface area contributed by atoms with E-state index in [1.165, 1.54) is 36.4 Å². The number of sulfonamides is 1. The van der Waals surface area contributed by atoms with Crippen LogP contribution in [0.3, 0.4) is 0 Å². The second-order valence-electron chi connectivity index (χ2n) is 5.98. The zero-order valence-electron chi connectivity index (χ0n) is 14.4. The Labute approximate surface area is 156 Å². The van der Waals surface area contributed by atoms with Gasteiger partial charge in [-0.25, -0.2) is 23.1 Å². The quantitative estimate of drug-likeness (QED) is 0.735. The highest BCUT2D eigenvalue weighted by atomic mass is 32.2. The number of hydrogen-bond acceptors (Lipinski definition) is 5. The average Bonchev–Trinajstić information content (AvgIpc) is 2.69. The van der Waals surface area contributed by atoms with Crippen LogP contribution >= 0.6 is 0 Å². The van der Waals surface area contributed by atoms with Gasteiger partial charge in [0.05, 0.1) is 4.90 Å². The van der Waals surface area contributed by atoms with Crippen molar-refractivity contribution >= 4 is 21.6 Å². The first-order valence-corrected chi connectivity index (χ1v) is 9.88. The molecule has 9 heteroatoms. The normalized spacial score (nSPS) is 17.3. The molecular weight excluding hydrogens is 375 g/mol. The molecule has 144 valence electrons. The number of halogens is 1. The summed E-state index contributed by atoms with van der Waals surface area (Å²) >= 11 is 0. The lowest BCUT2D eigenvalue weighted by atomic mass is 10.2. The van der Waals surface area contributed by atoms with Crippen LogP contribution in [-0.4, -0.2) is 27.2 Å². The third-order valence-corrected chi connectivity index (χ3v) is 5.34. The Balaban J connectivity index is 1.61. The molecular formula is C18H19FN2O5S. The predicted octanol–water partition coefficient (Wildman–Crippen LogP) is 2.81. The van der Waals surface area contributed by atoms with Gasteiger partial charge in [0.15, 0.2) is 6.29 Å². The van der Waals surface area contributed by atoms with Gasteiger partial charge in [-0.1, -0.05) is 0 Å². The molecule has 2 N–H and O–H groups in total. The maximum Gasteiger partial charge on any atom is 0.274 e. The number of rotatable bonds is 6. The Kier molecular flexibility index (Phi) is 6.04. The van der Waals surface area contributed by atoms with Crippen LogP contribution in [0.25, 0.3) is 0 Å². The molecule has 1 amide bonds.